The second-order valence-corrected chi connectivity index (χ2v) is 4.40. The molecule has 2 N–H and O–H groups in total. The van der Waals surface area contributed by atoms with Crippen LogP contribution in [0.1, 0.15) is 11.1 Å². The standard InChI is InChI=1S/C15H14F3NO2/c16-15(17,18)21-14-3-1-2-13(8-14)19-9-11-4-6-12(10-20)7-5-11/h1-8,19-20H,9-10H2. The number of ether oxygens (including phenoxy) is 1. The first kappa shape index (κ1) is 15.2. The van der Waals surface area contributed by atoms with Crippen molar-refractivity contribution < 1.29 is 23.0 Å². The van der Waals surface area contributed by atoms with Crippen molar-refractivity contribution in [3.63, 3.8) is 0 Å². The topological polar surface area (TPSA) is 41.5 Å². The second kappa shape index (κ2) is 6.49. The summed E-state index contributed by atoms with van der Waals surface area (Å²) in [6.45, 7) is 0.436. The molecule has 0 heterocycles. The fraction of sp³-hybridized carbons (Fsp3) is 0.200. The predicted octanol–water partition coefficient (Wildman–Crippen LogP) is 3.69. The lowest BCUT2D eigenvalue weighted by Crippen LogP contribution is -2.17. The maximum absolute atomic E-state index is 12.1. The monoisotopic (exact) mass is 297 g/mol. The average molecular weight is 297 g/mol. The van der Waals surface area contributed by atoms with Gasteiger partial charge in [-0.05, 0) is 23.3 Å². The molecule has 0 atom stereocenters. The van der Waals surface area contributed by atoms with E-state index in [4.69, 9.17) is 5.11 Å². The van der Waals surface area contributed by atoms with Crippen molar-refractivity contribution in [3.8, 4) is 5.75 Å². The Balaban J connectivity index is 1.97. The molecule has 0 saturated carbocycles. The molecular weight excluding hydrogens is 283 g/mol. The molecule has 0 bridgehead atoms. The van der Waals surface area contributed by atoms with Gasteiger partial charge in [0.25, 0.3) is 0 Å². The number of rotatable bonds is 5. The highest BCUT2D eigenvalue weighted by molar-refractivity contribution is 5.48. The van der Waals surface area contributed by atoms with Crippen molar-refractivity contribution in [1.82, 2.24) is 0 Å². The van der Waals surface area contributed by atoms with Crippen LogP contribution in [-0.4, -0.2) is 11.5 Å². The van der Waals surface area contributed by atoms with Gasteiger partial charge in [-0.2, -0.15) is 0 Å². The highest BCUT2D eigenvalue weighted by Gasteiger charge is 2.31. The van der Waals surface area contributed by atoms with Gasteiger partial charge in [-0.1, -0.05) is 30.3 Å². The number of benzene rings is 2. The van der Waals surface area contributed by atoms with Crippen LogP contribution in [0.4, 0.5) is 18.9 Å². The Morgan fingerprint density at radius 3 is 2.29 bits per heavy atom. The van der Waals surface area contributed by atoms with Crippen molar-refractivity contribution in [1.29, 1.82) is 0 Å². The smallest absolute Gasteiger partial charge is 0.406 e. The minimum absolute atomic E-state index is 0.0233. The van der Waals surface area contributed by atoms with Crippen LogP contribution in [-0.2, 0) is 13.2 Å². The van der Waals surface area contributed by atoms with Crippen molar-refractivity contribution in [3.05, 3.63) is 59.7 Å². The van der Waals surface area contributed by atoms with Gasteiger partial charge >= 0.3 is 6.36 Å². The quantitative estimate of drug-likeness (QED) is 0.884. The van der Waals surface area contributed by atoms with Crippen LogP contribution >= 0.6 is 0 Å². The van der Waals surface area contributed by atoms with Crippen molar-refractivity contribution in [2.45, 2.75) is 19.5 Å². The zero-order valence-electron chi connectivity index (χ0n) is 11.0. The van der Waals surface area contributed by atoms with Gasteiger partial charge in [0.1, 0.15) is 5.75 Å². The van der Waals surface area contributed by atoms with E-state index in [1.54, 1.807) is 18.2 Å². The maximum atomic E-state index is 12.1. The summed E-state index contributed by atoms with van der Waals surface area (Å²) in [6, 6.07) is 12.9. The molecule has 2 rings (SSSR count). The SMILES string of the molecule is OCc1ccc(CNc2cccc(OC(F)(F)F)c2)cc1. The molecule has 0 radical (unpaired) electrons. The summed E-state index contributed by atoms with van der Waals surface area (Å²) >= 11 is 0. The number of aliphatic hydroxyl groups excluding tert-OH is 1. The number of nitrogens with one attached hydrogen (secondary N) is 1. The van der Waals surface area contributed by atoms with Crippen molar-refractivity contribution in [2.75, 3.05) is 5.32 Å². The molecule has 0 unspecified atom stereocenters. The molecule has 0 aliphatic heterocycles. The molecule has 0 aliphatic carbocycles. The van der Waals surface area contributed by atoms with E-state index in [2.05, 4.69) is 10.1 Å². The zero-order chi connectivity index (χ0) is 15.3. The zero-order valence-corrected chi connectivity index (χ0v) is 11.0. The first-order valence-corrected chi connectivity index (χ1v) is 6.24. The second-order valence-electron chi connectivity index (χ2n) is 4.40. The summed E-state index contributed by atoms with van der Waals surface area (Å²) in [4.78, 5) is 0. The Hall–Kier alpha value is -2.21. The van der Waals surface area contributed by atoms with Crippen LogP contribution < -0.4 is 10.1 Å². The van der Waals surface area contributed by atoms with Gasteiger partial charge in [0, 0.05) is 18.3 Å². The number of aliphatic hydroxyl groups is 1. The van der Waals surface area contributed by atoms with Crippen LogP contribution in [0.25, 0.3) is 0 Å². The largest absolute Gasteiger partial charge is 0.573 e. The molecule has 2 aromatic carbocycles. The molecule has 0 fully saturated rings. The lowest BCUT2D eigenvalue weighted by atomic mass is 10.1. The van der Waals surface area contributed by atoms with Gasteiger partial charge in [-0.25, -0.2) is 0 Å². The number of halogens is 3. The fourth-order valence-electron chi connectivity index (χ4n) is 1.77. The van der Waals surface area contributed by atoms with Gasteiger partial charge in [-0.3, -0.25) is 0 Å². The molecule has 21 heavy (non-hydrogen) atoms. The van der Waals surface area contributed by atoms with E-state index in [1.165, 1.54) is 18.2 Å². The van der Waals surface area contributed by atoms with E-state index in [-0.39, 0.29) is 12.4 Å². The molecule has 0 saturated heterocycles. The molecule has 0 aliphatic rings. The Bertz CT molecular complexity index is 582. The number of anilines is 1. The van der Waals surface area contributed by atoms with E-state index < -0.39 is 6.36 Å². The summed E-state index contributed by atoms with van der Waals surface area (Å²) in [5.74, 6) is -0.261. The summed E-state index contributed by atoms with van der Waals surface area (Å²) in [5.41, 5.74) is 2.29. The van der Waals surface area contributed by atoms with Crippen molar-refractivity contribution >= 4 is 5.69 Å². The summed E-state index contributed by atoms with van der Waals surface area (Å²) in [6.07, 6.45) is -4.70. The lowest BCUT2D eigenvalue weighted by molar-refractivity contribution is -0.274. The van der Waals surface area contributed by atoms with Gasteiger partial charge in [-0.15, -0.1) is 13.2 Å². The van der Waals surface area contributed by atoms with Crippen LogP contribution in [0.2, 0.25) is 0 Å². The third-order valence-corrected chi connectivity index (χ3v) is 2.77. The molecule has 0 spiro atoms. The van der Waals surface area contributed by atoms with Crippen LogP contribution in [0.5, 0.6) is 5.75 Å². The molecule has 0 aromatic heterocycles. The van der Waals surface area contributed by atoms with E-state index >= 15 is 0 Å². The minimum Gasteiger partial charge on any atom is -0.406 e. The molecule has 6 heteroatoms. The molecule has 0 amide bonds. The Morgan fingerprint density at radius 1 is 1.00 bits per heavy atom. The fourth-order valence-corrected chi connectivity index (χ4v) is 1.77. The van der Waals surface area contributed by atoms with Crippen LogP contribution in [0, 0.1) is 0 Å². The van der Waals surface area contributed by atoms with E-state index in [0.717, 1.165) is 11.1 Å². The van der Waals surface area contributed by atoms with Gasteiger partial charge < -0.3 is 15.2 Å². The predicted molar refractivity (Wildman–Crippen MR) is 72.8 cm³/mol. The van der Waals surface area contributed by atoms with Crippen LogP contribution in [0.3, 0.4) is 0 Å². The Labute approximate surface area is 120 Å². The summed E-state index contributed by atoms with van der Waals surface area (Å²) in [7, 11) is 0. The van der Waals surface area contributed by atoms with E-state index in [1.807, 2.05) is 12.1 Å². The minimum atomic E-state index is -4.70. The summed E-state index contributed by atoms with van der Waals surface area (Å²) in [5, 5.41) is 12.0. The third-order valence-electron chi connectivity index (χ3n) is 2.77. The first-order chi connectivity index (χ1) is 9.96. The average Bonchev–Trinajstić information content (AvgIpc) is 2.44. The van der Waals surface area contributed by atoms with Gasteiger partial charge in [0.2, 0.25) is 0 Å². The Kier molecular flexibility index (Phi) is 4.70. The highest BCUT2D eigenvalue weighted by Crippen LogP contribution is 2.25. The van der Waals surface area contributed by atoms with Gasteiger partial charge in [0.15, 0.2) is 0 Å². The van der Waals surface area contributed by atoms with Crippen LogP contribution in [0.15, 0.2) is 48.5 Å². The van der Waals surface area contributed by atoms with Gasteiger partial charge in [0.05, 0.1) is 6.61 Å². The van der Waals surface area contributed by atoms with Crippen molar-refractivity contribution in [2.24, 2.45) is 0 Å². The van der Waals surface area contributed by atoms with E-state index in [0.29, 0.717) is 12.2 Å². The molecule has 3 nitrogen and oxygen atoms in total. The van der Waals surface area contributed by atoms with E-state index in [9.17, 15) is 13.2 Å². The summed E-state index contributed by atoms with van der Waals surface area (Å²) < 4.78 is 40.3. The number of hydrogen-bond donors (Lipinski definition) is 2. The lowest BCUT2D eigenvalue weighted by Gasteiger charge is -2.11. The Morgan fingerprint density at radius 2 is 1.67 bits per heavy atom. The normalized spacial score (nSPS) is 11.2. The molecular formula is C15H14F3NO2. The number of alkyl halides is 3. The highest BCUT2D eigenvalue weighted by atomic mass is 19.4. The number of hydrogen-bond acceptors (Lipinski definition) is 3. The molecule has 2 aromatic rings. The first-order valence-electron chi connectivity index (χ1n) is 6.24. The third kappa shape index (κ3) is 5.00. The molecule has 112 valence electrons. The maximum Gasteiger partial charge on any atom is 0.573 e.